The zero-order chi connectivity index (χ0) is 19.3. The second kappa shape index (κ2) is 8.89. The van der Waals surface area contributed by atoms with Gasteiger partial charge in [-0.1, -0.05) is 57.2 Å². The Morgan fingerprint density at radius 3 is 2.59 bits per heavy atom. The molecule has 1 saturated carbocycles. The number of amides is 1. The highest BCUT2D eigenvalue weighted by atomic mass is 32.2. The Balaban J connectivity index is 1.67. The molecule has 0 saturated heterocycles. The van der Waals surface area contributed by atoms with Gasteiger partial charge in [-0.3, -0.25) is 9.52 Å². The maximum absolute atomic E-state index is 12.7. The van der Waals surface area contributed by atoms with E-state index >= 15 is 0 Å². The van der Waals surface area contributed by atoms with E-state index in [9.17, 15) is 13.2 Å². The Morgan fingerprint density at radius 1 is 1.15 bits per heavy atom. The molecule has 2 N–H and O–H groups in total. The highest BCUT2D eigenvalue weighted by Crippen LogP contribution is 2.29. The zero-order valence-electron chi connectivity index (χ0n) is 15.5. The van der Waals surface area contributed by atoms with Gasteiger partial charge in [0.05, 0.1) is 11.3 Å². The van der Waals surface area contributed by atoms with E-state index in [1.54, 1.807) is 41.8 Å². The van der Waals surface area contributed by atoms with E-state index in [0.29, 0.717) is 29.6 Å². The fourth-order valence-electron chi connectivity index (χ4n) is 3.60. The molecule has 1 atom stereocenters. The number of sulfonamides is 1. The zero-order valence-corrected chi connectivity index (χ0v) is 17.1. The lowest BCUT2D eigenvalue weighted by Gasteiger charge is -2.27. The minimum absolute atomic E-state index is 0.226. The second-order valence-electron chi connectivity index (χ2n) is 7.17. The quantitative estimate of drug-likeness (QED) is 0.711. The third-order valence-electron chi connectivity index (χ3n) is 5.22. The Labute approximate surface area is 165 Å². The predicted molar refractivity (Wildman–Crippen MR) is 110 cm³/mol. The van der Waals surface area contributed by atoms with Gasteiger partial charge in [0.1, 0.15) is 4.21 Å². The number of benzene rings is 1. The largest absolute Gasteiger partial charge is 0.352 e. The van der Waals surface area contributed by atoms with Crippen LogP contribution in [0.2, 0.25) is 0 Å². The van der Waals surface area contributed by atoms with Crippen LogP contribution in [-0.4, -0.2) is 20.9 Å². The molecule has 0 aliphatic heterocycles. The van der Waals surface area contributed by atoms with Crippen molar-refractivity contribution >= 4 is 33.0 Å². The van der Waals surface area contributed by atoms with Crippen LogP contribution in [0.25, 0.3) is 0 Å². The van der Waals surface area contributed by atoms with Crippen LogP contribution < -0.4 is 10.0 Å². The minimum Gasteiger partial charge on any atom is -0.352 e. The first-order valence-corrected chi connectivity index (χ1v) is 11.8. The minimum atomic E-state index is -3.69. The first kappa shape index (κ1) is 19.9. The first-order valence-electron chi connectivity index (χ1n) is 9.41. The van der Waals surface area contributed by atoms with Gasteiger partial charge >= 0.3 is 0 Å². The number of para-hydroxylation sites is 1. The summed E-state index contributed by atoms with van der Waals surface area (Å²) in [5, 5.41) is 4.69. The molecule has 1 amide bonds. The lowest BCUT2D eigenvalue weighted by molar-refractivity contribution is 0.0941. The van der Waals surface area contributed by atoms with Gasteiger partial charge in [0, 0.05) is 6.54 Å². The van der Waals surface area contributed by atoms with Crippen molar-refractivity contribution in [2.75, 3.05) is 11.3 Å². The number of hydrogen-bond donors (Lipinski definition) is 2. The number of thiophene rings is 1. The van der Waals surface area contributed by atoms with E-state index in [0.717, 1.165) is 11.3 Å². The number of anilines is 1. The van der Waals surface area contributed by atoms with Crippen LogP contribution in [0, 0.1) is 11.8 Å². The van der Waals surface area contributed by atoms with E-state index in [-0.39, 0.29) is 10.1 Å². The second-order valence-corrected chi connectivity index (χ2v) is 10.0. The highest BCUT2D eigenvalue weighted by molar-refractivity contribution is 7.94. The van der Waals surface area contributed by atoms with Gasteiger partial charge in [-0.25, -0.2) is 8.42 Å². The molecule has 1 aliphatic rings. The number of nitrogens with one attached hydrogen (secondary N) is 2. The normalized spacial score (nSPS) is 16.6. The van der Waals surface area contributed by atoms with E-state index in [2.05, 4.69) is 17.0 Å². The molecule has 0 bridgehead atoms. The highest BCUT2D eigenvalue weighted by Gasteiger charge is 2.22. The first-order chi connectivity index (χ1) is 13.0. The Morgan fingerprint density at radius 2 is 1.89 bits per heavy atom. The third kappa shape index (κ3) is 5.11. The Hall–Kier alpha value is -1.86. The molecule has 5 nitrogen and oxygen atoms in total. The van der Waals surface area contributed by atoms with Gasteiger partial charge in [0.2, 0.25) is 0 Å². The summed E-state index contributed by atoms with van der Waals surface area (Å²) in [6.45, 7) is 2.79. The summed E-state index contributed by atoms with van der Waals surface area (Å²) in [5.41, 5.74) is 0.641. The monoisotopic (exact) mass is 406 g/mol. The van der Waals surface area contributed by atoms with Gasteiger partial charge in [-0.15, -0.1) is 11.3 Å². The van der Waals surface area contributed by atoms with Crippen molar-refractivity contribution in [3.8, 4) is 0 Å². The standard InChI is InChI=1S/C20H26N2O3S2/c1-15(16-8-3-2-4-9-16)14-21-20(23)17-10-5-6-11-18(17)22-27(24,25)19-12-7-13-26-19/h5-7,10-13,15-16,22H,2-4,8-9,14H2,1H3,(H,21,23). The molecule has 27 heavy (non-hydrogen) atoms. The smallest absolute Gasteiger partial charge is 0.271 e. The molecule has 2 aromatic rings. The summed E-state index contributed by atoms with van der Waals surface area (Å²) in [4.78, 5) is 12.7. The fraction of sp³-hybridized carbons (Fsp3) is 0.450. The number of rotatable bonds is 7. The van der Waals surface area contributed by atoms with Crippen molar-refractivity contribution in [3.05, 3.63) is 47.3 Å². The molecule has 1 fully saturated rings. The Bertz CT molecular complexity index is 857. The van der Waals surface area contributed by atoms with Gasteiger partial charge in [-0.05, 0) is 35.4 Å². The summed E-state index contributed by atoms with van der Waals surface area (Å²) >= 11 is 1.14. The molecule has 1 aromatic heterocycles. The predicted octanol–water partition coefficient (Wildman–Crippen LogP) is 4.50. The van der Waals surface area contributed by atoms with E-state index < -0.39 is 10.0 Å². The van der Waals surface area contributed by atoms with Gasteiger partial charge in [0.15, 0.2) is 0 Å². The van der Waals surface area contributed by atoms with Crippen molar-refractivity contribution in [1.29, 1.82) is 0 Å². The molecule has 1 aliphatic carbocycles. The van der Waals surface area contributed by atoms with Crippen LogP contribution in [0.15, 0.2) is 46.0 Å². The molecule has 0 spiro atoms. The summed E-state index contributed by atoms with van der Waals surface area (Å²) in [6, 6.07) is 9.94. The number of carbonyl (C=O) groups excluding carboxylic acids is 1. The molecule has 1 heterocycles. The fourth-order valence-corrected chi connectivity index (χ4v) is 5.67. The van der Waals surface area contributed by atoms with Crippen LogP contribution in [0.5, 0.6) is 0 Å². The SMILES string of the molecule is CC(CNC(=O)c1ccccc1NS(=O)(=O)c1cccs1)C1CCCCC1. The maximum atomic E-state index is 12.7. The molecule has 0 radical (unpaired) electrons. The van der Waals surface area contributed by atoms with Gasteiger partial charge in [0.25, 0.3) is 15.9 Å². The maximum Gasteiger partial charge on any atom is 0.271 e. The van der Waals surface area contributed by atoms with Crippen molar-refractivity contribution in [1.82, 2.24) is 5.32 Å². The van der Waals surface area contributed by atoms with Crippen molar-refractivity contribution < 1.29 is 13.2 Å². The average Bonchev–Trinajstić information content (AvgIpc) is 3.22. The molecule has 1 aromatic carbocycles. The van der Waals surface area contributed by atoms with E-state index in [1.165, 1.54) is 32.1 Å². The molecular weight excluding hydrogens is 380 g/mol. The molecule has 3 rings (SSSR count). The summed E-state index contributed by atoms with van der Waals surface area (Å²) < 4.78 is 27.7. The number of carbonyl (C=O) groups is 1. The average molecular weight is 407 g/mol. The summed E-state index contributed by atoms with van der Waals surface area (Å²) in [5.74, 6) is 0.831. The van der Waals surface area contributed by atoms with Gasteiger partial charge in [-0.2, -0.15) is 0 Å². The van der Waals surface area contributed by atoms with Crippen molar-refractivity contribution in [3.63, 3.8) is 0 Å². The molecular formula is C20H26N2O3S2. The summed E-state index contributed by atoms with van der Waals surface area (Å²) in [6.07, 6.45) is 6.32. The molecule has 146 valence electrons. The van der Waals surface area contributed by atoms with Crippen molar-refractivity contribution in [2.24, 2.45) is 11.8 Å². The van der Waals surface area contributed by atoms with Crippen LogP contribution in [0.4, 0.5) is 5.69 Å². The topological polar surface area (TPSA) is 75.3 Å². The van der Waals surface area contributed by atoms with E-state index in [4.69, 9.17) is 0 Å². The van der Waals surface area contributed by atoms with Crippen LogP contribution in [0.1, 0.15) is 49.4 Å². The number of hydrogen-bond acceptors (Lipinski definition) is 4. The lowest BCUT2D eigenvalue weighted by atomic mass is 9.81. The van der Waals surface area contributed by atoms with Crippen LogP contribution in [-0.2, 0) is 10.0 Å². The lowest BCUT2D eigenvalue weighted by Crippen LogP contribution is -2.32. The Kier molecular flexibility index (Phi) is 6.55. The van der Waals surface area contributed by atoms with Crippen LogP contribution in [0.3, 0.4) is 0 Å². The molecule has 7 heteroatoms. The van der Waals surface area contributed by atoms with Crippen LogP contribution >= 0.6 is 11.3 Å². The molecule has 1 unspecified atom stereocenters. The summed E-state index contributed by atoms with van der Waals surface area (Å²) in [7, 11) is -3.69. The van der Waals surface area contributed by atoms with E-state index in [1.807, 2.05) is 0 Å². The third-order valence-corrected chi connectivity index (χ3v) is 7.98. The van der Waals surface area contributed by atoms with Crippen molar-refractivity contribution in [2.45, 2.75) is 43.2 Å². The van der Waals surface area contributed by atoms with Gasteiger partial charge < -0.3 is 5.32 Å².